The van der Waals surface area contributed by atoms with Gasteiger partial charge in [-0.3, -0.25) is 4.79 Å². The number of benzene rings is 1. The first-order valence-electron chi connectivity index (χ1n) is 7.79. The van der Waals surface area contributed by atoms with Gasteiger partial charge in [0.2, 0.25) is 0 Å². The normalized spacial score (nSPS) is 11.4. The number of carbonyl (C=O) groups excluding carboxylic acids is 1. The van der Waals surface area contributed by atoms with Gasteiger partial charge in [-0.15, -0.1) is 16.3 Å². The fourth-order valence-corrected chi connectivity index (χ4v) is 2.06. The average molecular weight is 369 g/mol. The zero-order chi connectivity index (χ0) is 18.6. The van der Waals surface area contributed by atoms with Crippen molar-refractivity contribution < 1.29 is 19.1 Å². The molecular weight excluding hydrogens is 348 g/mol. The summed E-state index contributed by atoms with van der Waals surface area (Å²) in [6.07, 6.45) is 1.86. The Kier molecular flexibility index (Phi) is 5.89. The summed E-state index contributed by atoms with van der Waals surface area (Å²) in [6, 6.07) is 3.22. The van der Waals surface area contributed by atoms with Crippen LogP contribution in [-0.4, -0.2) is 35.3 Å². The van der Waals surface area contributed by atoms with Crippen molar-refractivity contribution in [3.8, 4) is 11.5 Å². The highest BCUT2D eigenvalue weighted by Crippen LogP contribution is 2.27. The SMILES string of the molecule is COc1cc(OCCCCl)cc2ncn(OC(=O)C(C)(C)C)c(=O)c12. The van der Waals surface area contributed by atoms with Crippen LogP contribution in [0.5, 0.6) is 11.5 Å². The summed E-state index contributed by atoms with van der Waals surface area (Å²) >= 11 is 5.63. The molecule has 1 heterocycles. The van der Waals surface area contributed by atoms with Crippen molar-refractivity contribution in [3.05, 3.63) is 28.8 Å². The van der Waals surface area contributed by atoms with Crippen LogP contribution in [0.4, 0.5) is 0 Å². The first-order chi connectivity index (χ1) is 11.8. The van der Waals surface area contributed by atoms with Gasteiger partial charge in [0, 0.05) is 18.0 Å². The van der Waals surface area contributed by atoms with Crippen molar-refractivity contribution in [1.82, 2.24) is 9.71 Å². The number of rotatable bonds is 6. The number of nitrogens with zero attached hydrogens (tertiary/aromatic N) is 2. The van der Waals surface area contributed by atoms with Gasteiger partial charge in [0.15, 0.2) is 0 Å². The molecule has 7 nitrogen and oxygen atoms in total. The van der Waals surface area contributed by atoms with Gasteiger partial charge in [0.1, 0.15) is 23.2 Å². The predicted molar refractivity (Wildman–Crippen MR) is 94.4 cm³/mol. The van der Waals surface area contributed by atoms with Crippen molar-refractivity contribution in [3.63, 3.8) is 0 Å². The highest BCUT2D eigenvalue weighted by molar-refractivity contribution is 6.17. The lowest BCUT2D eigenvalue weighted by Gasteiger charge is -2.17. The molecule has 0 bridgehead atoms. The molecule has 0 atom stereocenters. The first-order valence-corrected chi connectivity index (χ1v) is 8.32. The summed E-state index contributed by atoms with van der Waals surface area (Å²) in [5, 5.41) is 0.205. The molecule has 0 N–H and O–H groups in total. The molecule has 0 unspecified atom stereocenters. The van der Waals surface area contributed by atoms with Crippen LogP contribution < -0.4 is 19.9 Å². The fourth-order valence-electron chi connectivity index (χ4n) is 1.95. The van der Waals surface area contributed by atoms with Gasteiger partial charge < -0.3 is 14.3 Å². The van der Waals surface area contributed by atoms with Gasteiger partial charge in [-0.05, 0) is 27.2 Å². The molecule has 0 aliphatic rings. The van der Waals surface area contributed by atoms with Gasteiger partial charge in [-0.1, -0.05) is 0 Å². The Balaban J connectivity index is 2.44. The van der Waals surface area contributed by atoms with Crippen molar-refractivity contribution in [2.45, 2.75) is 27.2 Å². The van der Waals surface area contributed by atoms with Crippen molar-refractivity contribution in [2.24, 2.45) is 5.41 Å². The third kappa shape index (κ3) is 4.42. The van der Waals surface area contributed by atoms with Gasteiger partial charge >= 0.3 is 5.97 Å². The molecule has 0 aliphatic heterocycles. The molecule has 25 heavy (non-hydrogen) atoms. The summed E-state index contributed by atoms with van der Waals surface area (Å²) in [7, 11) is 1.44. The van der Waals surface area contributed by atoms with Crippen LogP contribution in [0, 0.1) is 5.41 Å². The second-order valence-electron chi connectivity index (χ2n) is 6.41. The zero-order valence-electron chi connectivity index (χ0n) is 14.7. The summed E-state index contributed by atoms with van der Waals surface area (Å²) in [5.41, 5.74) is -0.904. The van der Waals surface area contributed by atoms with E-state index < -0.39 is 16.9 Å². The van der Waals surface area contributed by atoms with E-state index in [1.54, 1.807) is 32.9 Å². The molecule has 8 heteroatoms. The number of fused-ring (bicyclic) bond motifs is 1. The Hall–Kier alpha value is -2.28. The molecule has 1 aromatic carbocycles. The van der Waals surface area contributed by atoms with Crippen molar-refractivity contribution in [1.29, 1.82) is 0 Å². The summed E-state index contributed by atoms with van der Waals surface area (Å²) in [4.78, 5) is 34.0. The number of methoxy groups -OCH3 is 1. The van der Waals surface area contributed by atoms with Gasteiger partial charge in [-0.25, -0.2) is 9.78 Å². The van der Waals surface area contributed by atoms with Crippen LogP contribution in [0.25, 0.3) is 10.9 Å². The Labute approximate surface area is 150 Å². The maximum Gasteiger partial charge on any atom is 0.338 e. The number of carbonyl (C=O) groups is 1. The Morgan fingerprint density at radius 1 is 1.32 bits per heavy atom. The summed E-state index contributed by atoms with van der Waals surface area (Å²) in [5.74, 6) is 0.755. The molecule has 0 amide bonds. The third-order valence-corrected chi connectivity index (χ3v) is 3.60. The number of hydrogen-bond acceptors (Lipinski definition) is 6. The molecule has 2 rings (SSSR count). The molecule has 0 saturated heterocycles. The number of aromatic nitrogens is 2. The number of alkyl halides is 1. The van der Waals surface area contributed by atoms with E-state index in [-0.39, 0.29) is 11.1 Å². The van der Waals surface area contributed by atoms with E-state index in [4.69, 9.17) is 25.9 Å². The van der Waals surface area contributed by atoms with Crippen LogP contribution in [0.2, 0.25) is 0 Å². The second-order valence-corrected chi connectivity index (χ2v) is 6.79. The molecule has 0 spiro atoms. The number of ether oxygens (including phenoxy) is 2. The quantitative estimate of drug-likeness (QED) is 0.575. The topological polar surface area (TPSA) is 79.7 Å². The highest BCUT2D eigenvalue weighted by atomic mass is 35.5. The smallest absolute Gasteiger partial charge is 0.338 e. The van der Waals surface area contributed by atoms with Gasteiger partial charge in [0.05, 0.1) is 24.6 Å². The summed E-state index contributed by atoms with van der Waals surface area (Å²) in [6.45, 7) is 5.53. The predicted octanol–water partition coefficient (Wildman–Crippen LogP) is 2.41. The zero-order valence-corrected chi connectivity index (χ0v) is 15.4. The molecular formula is C17H21ClN2O5. The highest BCUT2D eigenvalue weighted by Gasteiger charge is 2.25. The minimum absolute atomic E-state index is 0.205. The lowest BCUT2D eigenvalue weighted by Crippen LogP contribution is -2.37. The Morgan fingerprint density at radius 3 is 2.64 bits per heavy atom. The number of hydrogen-bond donors (Lipinski definition) is 0. The molecule has 0 fully saturated rings. The van der Waals surface area contributed by atoms with Crippen LogP contribution in [0.3, 0.4) is 0 Å². The third-order valence-electron chi connectivity index (χ3n) is 3.33. The maximum atomic E-state index is 12.6. The standard InChI is InChI=1S/C17H21ClN2O5/c1-17(2,3)16(22)25-20-10-19-12-8-11(24-7-5-6-18)9-13(23-4)14(12)15(20)21/h8-10H,5-7H2,1-4H3. The molecule has 136 valence electrons. The first kappa shape index (κ1) is 19.1. The van der Waals surface area contributed by atoms with Crippen LogP contribution in [0.15, 0.2) is 23.3 Å². The van der Waals surface area contributed by atoms with E-state index in [2.05, 4.69) is 4.98 Å². The van der Waals surface area contributed by atoms with Gasteiger partial charge in [-0.2, -0.15) is 0 Å². The fraction of sp³-hybridized carbons (Fsp3) is 0.471. The monoisotopic (exact) mass is 368 g/mol. The lowest BCUT2D eigenvalue weighted by atomic mass is 9.98. The Bertz CT molecular complexity index is 826. The van der Waals surface area contributed by atoms with E-state index >= 15 is 0 Å². The minimum Gasteiger partial charge on any atom is -0.496 e. The largest absolute Gasteiger partial charge is 0.496 e. The van der Waals surface area contributed by atoms with E-state index in [1.165, 1.54) is 7.11 Å². The van der Waals surface area contributed by atoms with E-state index in [0.29, 0.717) is 30.2 Å². The number of halogens is 1. The van der Waals surface area contributed by atoms with Gasteiger partial charge in [0.25, 0.3) is 5.56 Å². The van der Waals surface area contributed by atoms with Crippen molar-refractivity contribution >= 4 is 28.5 Å². The molecule has 0 saturated carbocycles. The van der Waals surface area contributed by atoms with E-state index in [0.717, 1.165) is 11.1 Å². The van der Waals surface area contributed by atoms with E-state index in [9.17, 15) is 9.59 Å². The van der Waals surface area contributed by atoms with Crippen molar-refractivity contribution in [2.75, 3.05) is 19.6 Å². The minimum atomic E-state index is -0.751. The van der Waals surface area contributed by atoms with Crippen LogP contribution in [-0.2, 0) is 4.79 Å². The molecule has 2 aromatic rings. The second kappa shape index (κ2) is 7.74. The maximum absolute atomic E-state index is 12.6. The summed E-state index contributed by atoms with van der Waals surface area (Å²) < 4.78 is 11.7. The molecule has 1 aromatic heterocycles. The van der Waals surface area contributed by atoms with Crippen LogP contribution >= 0.6 is 11.6 Å². The average Bonchev–Trinajstić information content (AvgIpc) is 2.56. The molecule has 0 aliphatic carbocycles. The lowest BCUT2D eigenvalue weighted by molar-refractivity contribution is -0.154. The van der Waals surface area contributed by atoms with Crippen LogP contribution in [0.1, 0.15) is 27.2 Å². The van der Waals surface area contributed by atoms with E-state index in [1.807, 2.05) is 0 Å². The Morgan fingerprint density at radius 2 is 2.04 bits per heavy atom. The molecule has 0 radical (unpaired) electrons.